The number of carbonyl (C=O) groups excluding carboxylic acids is 2. The average molecular weight is 371 g/mol. The fourth-order valence-corrected chi connectivity index (χ4v) is 4.15. The van der Waals surface area contributed by atoms with Crippen LogP contribution in [0, 0.1) is 5.82 Å². The van der Waals surface area contributed by atoms with Crippen molar-refractivity contribution in [1.82, 2.24) is 24.9 Å². The maximum atomic E-state index is 13.5. The average Bonchev–Trinajstić information content (AvgIpc) is 3.19. The predicted molar refractivity (Wildman–Crippen MR) is 97.2 cm³/mol. The van der Waals surface area contributed by atoms with Crippen molar-refractivity contribution in [2.75, 3.05) is 27.2 Å². The van der Waals surface area contributed by atoms with Gasteiger partial charge in [-0.2, -0.15) is 5.10 Å². The summed E-state index contributed by atoms with van der Waals surface area (Å²) in [5, 5.41) is 7.08. The van der Waals surface area contributed by atoms with E-state index in [0.717, 1.165) is 16.8 Å². The van der Waals surface area contributed by atoms with E-state index in [-0.39, 0.29) is 17.8 Å². The van der Waals surface area contributed by atoms with Gasteiger partial charge >= 0.3 is 6.03 Å². The minimum atomic E-state index is -0.718. The number of carbonyl (C=O) groups is 2. The lowest BCUT2D eigenvalue weighted by atomic mass is 9.86. The highest BCUT2D eigenvalue weighted by molar-refractivity contribution is 6.06. The van der Waals surface area contributed by atoms with Crippen molar-refractivity contribution in [1.29, 1.82) is 0 Å². The number of nitrogens with one attached hydrogen (secondary N) is 1. The predicted octanol–water partition coefficient (Wildman–Crippen LogP) is 2.07. The van der Waals surface area contributed by atoms with Gasteiger partial charge in [-0.05, 0) is 25.0 Å². The molecule has 0 radical (unpaired) electrons. The Morgan fingerprint density at radius 2 is 1.96 bits per heavy atom. The van der Waals surface area contributed by atoms with Gasteiger partial charge < -0.3 is 4.90 Å². The van der Waals surface area contributed by atoms with Crippen molar-refractivity contribution in [2.24, 2.45) is 0 Å². The number of amides is 3. The van der Waals surface area contributed by atoms with Crippen LogP contribution < -0.4 is 0 Å². The van der Waals surface area contributed by atoms with Crippen LogP contribution in [0.5, 0.6) is 0 Å². The summed E-state index contributed by atoms with van der Waals surface area (Å²) in [4.78, 5) is 29.8. The van der Waals surface area contributed by atoms with Crippen molar-refractivity contribution in [2.45, 2.75) is 24.9 Å². The number of benzene rings is 1. The number of hydrogen-bond donors (Lipinski definition) is 1. The van der Waals surface area contributed by atoms with Crippen molar-refractivity contribution in [3.8, 4) is 11.3 Å². The maximum Gasteiger partial charge on any atom is 0.327 e. The van der Waals surface area contributed by atoms with Gasteiger partial charge in [-0.1, -0.05) is 12.1 Å². The van der Waals surface area contributed by atoms with E-state index in [2.05, 4.69) is 15.1 Å². The molecule has 3 heterocycles. The quantitative estimate of drug-likeness (QED) is 0.839. The molecule has 1 aromatic heterocycles. The minimum absolute atomic E-state index is 0.113. The van der Waals surface area contributed by atoms with Gasteiger partial charge in [-0.3, -0.25) is 19.7 Å². The van der Waals surface area contributed by atoms with E-state index >= 15 is 0 Å². The summed E-state index contributed by atoms with van der Waals surface area (Å²) in [6.07, 6.45) is 2.96. The zero-order valence-corrected chi connectivity index (χ0v) is 15.4. The second-order valence-electron chi connectivity index (χ2n) is 7.29. The van der Waals surface area contributed by atoms with Crippen LogP contribution in [0.4, 0.5) is 9.18 Å². The van der Waals surface area contributed by atoms with Crippen LogP contribution in [-0.4, -0.2) is 69.6 Å². The Morgan fingerprint density at radius 1 is 1.22 bits per heavy atom. The largest absolute Gasteiger partial charge is 0.327 e. The number of nitrogens with zero attached hydrogens (tertiary/aromatic N) is 4. The summed E-state index contributed by atoms with van der Waals surface area (Å²) in [5.74, 6) is -0.400. The van der Waals surface area contributed by atoms with E-state index in [1.807, 2.05) is 6.07 Å². The number of piperidine rings is 1. The molecule has 1 spiro atoms. The fraction of sp³-hybridized carbons (Fsp3) is 0.421. The van der Waals surface area contributed by atoms with Crippen molar-refractivity contribution in [3.05, 3.63) is 41.8 Å². The Labute approximate surface area is 156 Å². The second-order valence-corrected chi connectivity index (χ2v) is 7.29. The number of aromatic amines is 1. The minimum Gasteiger partial charge on any atom is -0.312 e. The molecule has 2 saturated heterocycles. The summed E-state index contributed by atoms with van der Waals surface area (Å²) in [7, 11) is 3.25. The summed E-state index contributed by atoms with van der Waals surface area (Å²) >= 11 is 0. The van der Waals surface area contributed by atoms with Crippen molar-refractivity contribution >= 4 is 11.9 Å². The molecule has 8 heteroatoms. The van der Waals surface area contributed by atoms with Crippen LogP contribution in [0.1, 0.15) is 18.4 Å². The topological polar surface area (TPSA) is 72.5 Å². The van der Waals surface area contributed by atoms with E-state index < -0.39 is 5.54 Å². The highest BCUT2D eigenvalue weighted by Gasteiger charge is 2.55. The third-order valence-electron chi connectivity index (χ3n) is 5.83. The zero-order valence-electron chi connectivity index (χ0n) is 15.4. The molecule has 0 atom stereocenters. The van der Waals surface area contributed by atoms with E-state index in [1.54, 1.807) is 31.3 Å². The Bertz CT molecular complexity index is 888. The number of hydrogen-bond acceptors (Lipinski definition) is 4. The Hall–Kier alpha value is -2.74. The Kier molecular flexibility index (Phi) is 4.22. The molecule has 2 aliphatic heterocycles. The van der Waals surface area contributed by atoms with Crippen LogP contribution in [0.25, 0.3) is 11.3 Å². The molecule has 0 unspecified atom stereocenters. The van der Waals surface area contributed by atoms with Crippen LogP contribution >= 0.6 is 0 Å². The van der Waals surface area contributed by atoms with Gasteiger partial charge in [-0.15, -0.1) is 0 Å². The number of rotatable bonds is 3. The first-order valence-electron chi connectivity index (χ1n) is 8.99. The highest BCUT2D eigenvalue weighted by Crippen LogP contribution is 2.36. The molecule has 0 bridgehead atoms. The van der Waals surface area contributed by atoms with Gasteiger partial charge in [0.2, 0.25) is 0 Å². The van der Waals surface area contributed by atoms with Crippen LogP contribution in [0.15, 0.2) is 30.5 Å². The molecular formula is C19H22FN5O2. The molecule has 3 amide bonds. The standard InChI is InChI=1S/C19H22FN5O2/c1-23-17(26)19(24(2)18(23)27)6-8-25(9-7-19)12-14-11-21-22-16(14)13-4-3-5-15(20)10-13/h3-5,10-11H,6-9,12H2,1-2H3,(H,21,22). The lowest BCUT2D eigenvalue weighted by molar-refractivity contribution is -0.134. The number of imide groups is 1. The summed E-state index contributed by atoms with van der Waals surface area (Å²) in [6.45, 7) is 2.05. The van der Waals surface area contributed by atoms with Gasteiger partial charge in [0.05, 0.1) is 11.9 Å². The molecule has 0 aliphatic carbocycles. The lowest BCUT2D eigenvalue weighted by Crippen LogP contribution is -2.55. The first kappa shape index (κ1) is 17.7. The molecule has 27 heavy (non-hydrogen) atoms. The number of halogens is 1. The maximum absolute atomic E-state index is 13.5. The van der Waals surface area contributed by atoms with Gasteiger partial charge in [0.25, 0.3) is 5.91 Å². The fourth-order valence-electron chi connectivity index (χ4n) is 4.15. The van der Waals surface area contributed by atoms with Crippen LogP contribution in [-0.2, 0) is 11.3 Å². The summed E-state index contributed by atoms with van der Waals surface area (Å²) in [6, 6.07) is 6.18. The third-order valence-corrected chi connectivity index (χ3v) is 5.83. The normalized spacial score (nSPS) is 20.1. The van der Waals surface area contributed by atoms with Gasteiger partial charge in [-0.25, -0.2) is 9.18 Å². The van der Waals surface area contributed by atoms with E-state index in [1.165, 1.54) is 17.0 Å². The number of likely N-dealkylation sites (N-methyl/N-ethyl adjacent to an activating group) is 2. The Morgan fingerprint density at radius 3 is 2.59 bits per heavy atom. The molecule has 7 nitrogen and oxygen atoms in total. The van der Waals surface area contributed by atoms with Gasteiger partial charge in [0.1, 0.15) is 11.4 Å². The first-order chi connectivity index (χ1) is 12.9. The summed E-state index contributed by atoms with van der Waals surface area (Å²) < 4.78 is 13.5. The lowest BCUT2D eigenvalue weighted by Gasteiger charge is -2.40. The molecule has 4 rings (SSSR count). The van der Waals surface area contributed by atoms with Crippen molar-refractivity contribution < 1.29 is 14.0 Å². The number of H-pyrrole nitrogens is 1. The van der Waals surface area contributed by atoms with Gasteiger partial charge in [0.15, 0.2) is 0 Å². The zero-order chi connectivity index (χ0) is 19.2. The molecule has 1 aromatic carbocycles. The molecule has 142 valence electrons. The molecule has 2 aromatic rings. The highest BCUT2D eigenvalue weighted by atomic mass is 19.1. The first-order valence-corrected chi connectivity index (χ1v) is 8.99. The third kappa shape index (κ3) is 2.80. The monoisotopic (exact) mass is 371 g/mol. The number of urea groups is 1. The number of aromatic nitrogens is 2. The smallest absolute Gasteiger partial charge is 0.312 e. The van der Waals surface area contributed by atoms with E-state index in [4.69, 9.17) is 0 Å². The van der Waals surface area contributed by atoms with Crippen LogP contribution in [0.2, 0.25) is 0 Å². The molecular weight excluding hydrogens is 349 g/mol. The molecule has 1 N–H and O–H groups in total. The Balaban J connectivity index is 1.48. The second kappa shape index (κ2) is 6.45. The van der Waals surface area contributed by atoms with Crippen molar-refractivity contribution in [3.63, 3.8) is 0 Å². The van der Waals surface area contributed by atoms with Gasteiger partial charge in [0, 0.05) is 44.9 Å². The SMILES string of the molecule is CN1C(=O)N(C)C2(CCN(Cc3cn[nH]c3-c3cccc(F)c3)CC2)C1=O. The summed E-state index contributed by atoms with van der Waals surface area (Å²) in [5.41, 5.74) is 1.83. The van der Waals surface area contributed by atoms with E-state index in [0.29, 0.717) is 32.5 Å². The molecule has 0 saturated carbocycles. The molecule has 2 fully saturated rings. The van der Waals surface area contributed by atoms with E-state index in [9.17, 15) is 14.0 Å². The van der Waals surface area contributed by atoms with Crippen LogP contribution in [0.3, 0.4) is 0 Å². The number of likely N-dealkylation sites (tertiary alicyclic amines) is 1. The molecule has 2 aliphatic rings.